The van der Waals surface area contributed by atoms with Gasteiger partial charge in [0.25, 0.3) is 0 Å². The summed E-state index contributed by atoms with van der Waals surface area (Å²) in [6.07, 6.45) is 1.42. The molecule has 0 atom stereocenters. The molecule has 116 valence electrons. The van der Waals surface area contributed by atoms with E-state index in [2.05, 4.69) is 45.1 Å². The molecule has 0 aliphatic rings. The molecule has 0 saturated heterocycles. The van der Waals surface area contributed by atoms with Crippen LogP contribution in [0.2, 0.25) is 0 Å². The van der Waals surface area contributed by atoms with Crippen LogP contribution in [-0.4, -0.2) is 32.7 Å². The predicted molar refractivity (Wildman–Crippen MR) is 85.6 cm³/mol. The first kappa shape index (κ1) is 14.9. The molecule has 0 bridgehead atoms. The monoisotopic (exact) mass is 307 g/mol. The fourth-order valence-corrected chi connectivity index (χ4v) is 2.47. The van der Waals surface area contributed by atoms with Crippen molar-refractivity contribution in [1.29, 1.82) is 0 Å². The Kier molecular flexibility index (Phi) is 4.73. The third-order valence-corrected chi connectivity index (χ3v) is 3.60. The van der Waals surface area contributed by atoms with Crippen LogP contribution in [0.25, 0.3) is 0 Å². The standard InChI is InChI=1S/C17H17N5O/c23-17(12-22-13-19-20-21-22)18-11-16(14-7-3-1-4-8-14)15-9-5-2-6-10-15/h1-10,13,16H,11-12H2,(H,18,23). The average Bonchev–Trinajstić information content (AvgIpc) is 3.10. The lowest BCUT2D eigenvalue weighted by molar-refractivity contribution is -0.121. The Labute approximate surface area is 134 Å². The number of tetrazole rings is 1. The molecule has 0 aliphatic heterocycles. The number of amides is 1. The minimum absolute atomic E-state index is 0.107. The minimum Gasteiger partial charge on any atom is -0.354 e. The number of nitrogens with zero attached hydrogens (tertiary/aromatic N) is 4. The van der Waals surface area contributed by atoms with Crippen LogP contribution in [0.4, 0.5) is 0 Å². The van der Waals surface area contributed by atoms with E-state index in [0.29, 0.717) is 6.54 Å². The largest absolute Gasteiger partial charge is 0.354 e. The molecule has 1 aromatic heterocycles. The highest BCUT2D eigenvalue weighted by molar-refractivity contribution is 5.75. The van der Waals surface area contributed by atoms with Crippen LogP contribution in [-0.2, 0) is 11.3 Å². The number of aromatic nitrogens is 4. The van der Waals surface area contributed by atoms with Gasteiger partial charge in [0.15, 0.2) is 0 Å². The summed E-state index contributed by atoms with van der Waals surface area (Å²) in [7, 11) is 0. The number of hydrogen-bond acceptors (Lipinski definition) is 4. The highest BCUT2D eigenvalue weighted by Crippen LogP contribution is 2.23. The fraction of sp³-hybridized carbons (Fsp3) is 0.176. The SMILES string of the molecule is O=C(Cn1cnnn1)NCC(c1ccccc1)c1ccccc1. The molecule has 1 heterocycles. The Hall–Kier alpha value is -3.02. The molecule has 1 N–H and O–H groups in total. The number of rotatable bonds is 6. The molecular weight excluding hydrogens is 290 g/mol. The van der Waals surface area contributed by atoms with E-state index in [4.69, 9.17) is 0 Å². The zero-order valence-electron chi connectivity index (χ0n) is 12.5. The molecule has 0 fully saturated rings. The van der Waals surface area contributed by atoms with Crippen molar-refractivity contribution in [3.63, 3.8) is 0 Å². The first-order chi connectivity index (χ1) is 11.3. The van der Waals surface area contributed by atoms with E-state index in [1.54, 1.807) is 0 Å². The van der Waals surface area contributed by atoms with Gasteiger partial charge in [-0.1, -0.05) is 60.7 Å². The summed E-state index contributed by atoms with van der Waals surface area (Å²) < 4.78 is 1.40. The normalized spacial score (nSPS) is 10.7. The molecule has 0 unspecified atom stereocenters. The number of hydrogen-bond donors (Lipinski definition) is 1. The van der Waals surface area contributed by atoms with Crippen molar-refractivity contribution in [3.8, 4) is 0 Å². The Morgan fingerprint density at radius 3 is 2.13 bits per heavy atom. The maximum Gasteiger partial charge on any atom is 0.241 e. The molecule has 1 amide bonds. The molecule has 0 saturated carbocycles. The van der Waals surface area contributed by atoms with E-state index in [1.165, 1.54) is 22.1 Å². The van der Waals surface area contributed by atoms with E-state index in [0.717, 1.165) is 0 Å². The highest BCUT2D eigenvalue weighted by atomic mass is 16.2. The number of carbonyl (C=O) groups excluding carboxylic acids is 1. The zero-order valence-corrected chi connectivity index (χ0v) is 12.5. The van der Waals surface area contributed by atoms with Gasteiger partial charge >= 0.3 is 0 Å². The van der Waals surface area contributed by atoms with Crippen LogP contribution < -0.4 is 5.32 Å². The van der Waals surface area contributed by atoms with Crippen molar-refractivity contribution in [2.45, 2.75) is 12.5 Å². The van der Waals surface area contributed by atoms with Crippen LogP contribution in [0.1, 0.15) is 17.0 Å². The minimum atomic E-state index is -0.117. The van der Waals surface area contributed by atoms with Gasteiger partial charge in [-0.3, -0.25) is 4.79 Å². The molecule has 2 aromatic carbocycles. The summed E-state index contributed by atoms with van der Waals surface area (Å²) in [4.78, 5) is 12.0. The summed E-state index contributed by atoms with van der Waals surface area (Å²) in [5.41, 5.74) is 2.34. The van der Waals surface area contributed by atoms with Gasteiger partial charge in [0.2, 0.25) is 5.91 Å². The third kappa shape index (κ3) is 4.00. The van der Waals surface area contributed by atoms with E-state index in [9.17, 15) is 4.79 Å². The van der Waals surface area contributed by atoms with Crippen molar-refractivity contribution < 1.29 is 4.79 Å². The van der Waals surface area contributed by atoms with Crippen molar-refractivity contribution >= 4 is 5.91 Å². The van der Waals surface area contributed by atoms with Crippen LogP contribution in [0.5, 0.6) is 0 Å². The molecule has 0 aliphatic carbocycles. The van der Waals surface area contributed by atoms with E-state index < -0.39 is 0 Å². The second-order valence-electron chi connectivity index (χ2n) is 5.19. The van der Waals surface area contributed by atoms with Crippen molar-refractivity contribution in [1.82, 2.24) is 25.5 Å². The van der Waals surface area contributed by atoms with Crippen molar-refractivity contribution in [3.05, 3.63) is 78.1 Å². The topological polar surface area (TPSA) is 72.7 Å². The Morgan fingerprint density at radius 2 is 1.61 bits per heavy atom. The molecule has 0 radical (unpaired) electrons. The number of benzene rings is 2. The van der Waals surface area contributed by atoms with Crippen molar-refractivity contribution in [2.75, 3.05) is 6.54 Å². The smallest absolute Gasteiger partial charge is 0.241 e. The maximum atomic E-state index is 12.0. The molecule has 6 heteroatoms. The Balaban J connectivity index is 1.71. The van der Waals surface area contributed by atoms with Gasteiger partial charge in [0.05, 0.1) is 0 Å². The highest BCUT2D eigenvalue weighted by Gasteiger charge is 2.15. The van der Waals surface area contributed by atoms with Crippen molar-refractivity contribution in [2.24, 2.45) is 0 Å². The molecule has 3 aromatic rings. The summed E-state index contributed by atoms with van der Waals surface area (Å²) in [5, 5.41) is 13.7. The molecule has 0 spiro atoms. The average molecular weight is 307 g/mol. The van der Waals surface area contributed by atoms with Crippen LogP contribution in [0.15, 0.2) is 67.0 Å². The summed E-state index contributed by atoms with van der Waals surface area (Å²) >= 11 is 0. The van der Waals surface area contributed by atoms with Gasteiger partial charge in [0.1, 0.15) is 12.9 Å². The summed E-state index contributed by atoms with van der Waals surface area (Å²) in [6.45, 7) is 0.637. The number of carbonyl (C=O) groups is 1. The number of nitrogens with one attached hydrogen (secondary N) is 1. The molecule has 6 nitrogen and oxygen atoms in total. The first-order valence-corrected chi connectivity index (χ1v) is 7.40. The third-order valence-electron chi connectivity index (χ3n) is 3.60. The quantitative estimate of drug-likeness (QED) is 0.751. The second-order valence-corrected chi connectivity index (χ2v) is 5.19. The molecule has 3 rings (SSSR count). The lowest BCUT2D eigenvalue weighted by Crippen LogP contribution is -2.32. The second kappa shape index (κ2) is 7.31. The predicted octanol–water partition coefficient (Wildman–Crippen LogP) is 1.62. The maximum absolute atomic E-state index is 12.0. The Bertz CT molecular complexity index is 689. The first-order valence-electron chi connectivity index (χ1n) is 7.40. The Morgan fingerprint density at radius 1 is 1.00 bits per heavy atom. The van der Waals surface area contributed by atoms with Crippen LogP contribution >= 0.6 is 0 Å². The van der Waals surface area contributed by atoms with Gasteiger partial charge in [-0.15, -0.1) is 5.10 Å². The van der Waals surface area contributed by atoms with E-state index in [1.807, 2.05) is 36.4 Å². The zero-order chi connectivity index (χ0) is 15.9. The van der Waals surface area contributed by atoms with Gasteiger partial charge in [0, 0.05) is 12.5 Å². The lowest BCUT2D eigenvalue weighted by atomic mass is 9.91. The van der Waals surface area contributed by atoms with Gasteiger partial charge in [-0.05, 0) is 21.6 Å². The van der Waals surface area contributed by atoms with Gasteiger partial charge in [-0.25, -0.2) is 4.68 Å². The van der Waals surface area contributed by atoms with E-state index >= 15 is 0 Å². The van der Waals surface area contributed by atoms with Crippen LogP contribution in [0, 0.1) is 0 Å². The fourth-order valence-electron chi connectivity index (χ4n) is 2.47. The van der Waals surface area contributed by atoms with Gasteiger partial charge in [-0.2, -0.15) is 0 Å². The molecular formula is C17H17N5O. The van der Waals surface area contributed by atoms with E-state index in [-0.39, 0.29) is 18.4 Å². The summed E-state index contributed by atoms with van der Waals surface area (Å²) in [5.74, 6) is -0.00983. The molecule has 23 heavy (non-hydrogen) atoms. The van der Waals surface area contributed by atoms with Gasteiger partial charge < -0.3 is 5.32 Å². The van der Waals surface area contributed by atoms with Crippen LogP contribution in [0.3, 0.4) is 0 Å². The lowest BCUT2D eigenvalue weighted by Gasteiger charge is -2.18. The summed E-state index contributed by atoms with van der Waals surface area (Å²) in [6, 6.07) is 20.3.